The zero-order chi connectivity index (χ0) is 30.8. The number of phenols is 2. The van der Waals surface area contributed by atoms with Crippen molar-refractivity contribution in [3.63, 3.8) is 0 Å². The first-order valence-corrected chi connectivity index (χ1v) is 15.4. The lowest BCUT2D eigenvalue weighted by molar-refractivity contribution is -0.576. The highest BCUT2D eigenvalue weighted by Gasteiger charge is 2.69. The minimum atomic E-state index is -0.913. The van der Waals surface area contributed by atoms with Crippen LogP contribution in [0.25, 0.3) is 0 Å². The largest absolute Gasteiger partial charge is 0.504 e. The first-order chi connectivity index (χ1) is 20.5. The van der Waals surface area contributed by atoms with Crippen molar-refractivity contribution in [1.29, 1.82) is 0 Å². The van der Waals surface area contributed by atoms with Gasteiger partial charge in [0.1, 0.15) is 0 Å². The molecular formula is C31H44N2O10. The van der Waals surface area contributed by atoms with Crippen molar-refractivity contribution >= 4 is 17.8 Å². The van der Waals surface area contributed by atoms with Crippen LogP contribution in [0.4, 0.5) is 0 Å². The van der Waals surface area contributed by atoms with Crippen LogP contribution in [0.15, 0.2) is 18.2 Å². The van der Waals surface area contributed by atoms with E-state index in [4.69, 9.17) is 24.0 Å². The summed E-state index contributed by atoms with van der Waals surface area (Å²) in [5.74, 6) is -1.73. The molecule has 2 bridgehead atoms. The van der Waals surface area contributed by atoms with Gasteiger partial charge in [0.2, 0.25) is 23.9 Å². The number of rotatable bonds is 11. The van der Waals surface area contributed by atoms with Gasteiger partial charge in [-0.2, -0.15) is 0 Å². The van der Waals surface area contributed by atoms with Crippen LogP contribution >= 0.6 is 0 Å². The first kappa shape index (κ1) is 31.5. The van der Waals surface area contributed by atoms with Gasteiger partial charge in [-0.3, -0.25) is 14.4 Å². The smallest absolute Gasteiger partial charge is 0.308 e. The zero-order valence-electron chi connectivity index (χ0n) is 25.1. The highest BCUT2D eigenvalue weighted by Crippen LogP contribution is 2.60. The maximum Gasteiger partial charge on any atom is 0.308 e. The van der Waals surface area contributed by atoms with E-state index >= 15 is 0 Å². The number of nitrogens with one attached hydrogen (secondary N) is 2. The van der Waals surface area contributed by atoms with Crippen molar-refractivity contribution in [2.75, 3.05) is 13.1 Å². The number of ether oxygens (including phenoxy) is 3. The van der Waals surface area contributed by atoms with Crippen LogP contribution in [0.3, 0.4) is 0 Å². The third kappa shape index (κ3) is 6.77. The second-order valence-corrected chi connectivity index (χ2v) is 12.6. The van der Waals surface area contributed by atoms with Crippen LogP contribution in [0.5, 0.6) is 11.5 Å². The highest BCUT2D eigenvalue weighted by atomic mass is 17.3. The number of hydrogen-bond donors (Lipinski definition) is 4. The standard InChI is InChI=1S/C31H44N2O10/c1-18-6-8-22-19(2)28(40-29-31(22)21(18)12-14-30(3,41-29)42-43-31)39-27(38)11-10-26(37)32-15-4-5-25(36)33-16-13-20-7-9-23(34)24(35)17-20/h7,9,17-19,21-22,28-29,34-35H,4-6,8,10-16H2,1-3H3,(H,32,37)(H,33,36)/t18-,19+,21+,22-,28-,29+,30+,31+/m1/s1. The molecule has 0 radical (unpaired) electrons. The van der Waals surface area contributed by atoms with E-state index in [1.54, 1.807) is 6.07 Å². The van der Waals surface area contributed by atoms with Gasteiger partial charge in [-0.05, 0) is 68.6 Å². The Kier molecular flexibility index (Phi) is 9.50. The van der Waals surface area contributed by atoms with Crippen LogP contribution in [0.1, 0.15) is 77.7 Å². The number of hydrogen-bond acceptors (Lipinski definition) is 10. The second kappa shape index (κ2) is 13.0. The zero-order valence-corrected chi connectivity index (χ0v) is 25.1. The molecule has 5 fully saturated rings. The van der Waals surface area contributed by atoms with E-state index in [-0.39, 0.29) is 60.3 Å². The van der Waals surface area contributed by atoms with Crippen LogP contribution < -0.4 is 10.6 Å². The molecule has 5 aliphatic rings. The number of carbonyl (C=O) groups excluding carboxylic acids is 3. The van der Waals surface area contributed by atoms with E-state index in [0.717, 1.165) is 24.8 Å². The topological polar surface area (TPSA) is 162 Å². The normalized spacial score (nSPS) is 34.5. The van der Waals surface area contributed by atoms with Gasteiger partial charge >= 0.3 is 5.97 Å². The van der Waals surface area contributed by atoms with Crippen molar-refractivity contribution in [2.45, 2.75) is 103 Å². The number of amides is 2. The van der Waals surface area contributed by atoms with Crippen LogP contribution in [-0.2, 0) is 44.8 Å². The number of esters is 1. The van der Waals surface area contributed by atoms with Gasteiger partial charge in [-0.1, -0.05) is 19.9 Å². The molecule has 4 heterocycles. The molecule has 12 nitrogen and oxygen atoms in total. The Labute approximate surface area is 251 Å². The molecule has 43 heavy (non-hydrogen) atoms. The predicted molar refractivity (Wildman–Crippen MR) is 151 cm³/mol. The maximum absolute atomic E-state index is 12.7. The molecular weight excluding hydrogens is 560 g/mol. The van der Waals surface area contributed by atoms with Gasteiger partial charge in [0, 0.05) is 44.2 Å². The molecule has 1 spiro atoms. The van der Waals surface area contributed by atoms with E-state index in [9.17, 15) is 24.6 Å². The van der Waals surface area contributed by atoms with Crippen LogP contribution in [0.2, 0.25) is 0 Å². The molecule has 1 aromatic rings. The van der Waals surface area contributed by atoms with Crippen molar-refractivity contribution in [3.8, 4) is 11.5 Å². The molecule has 6 rings (SSSR count). The molecule has 0 unspecified atom stereocenters. The quantitative estimate of drug-likeness (QED) is 0.128. The first-order valence-electron chi connectivity index (χ1n) is 15.4. The van der Waals surface area contributed by atoms with E-state index in [1.807, 2.05) is 13.8 Å². The Balaban J connectivity index is 1.01. The van der Waals surface area contributed by atoms with Crippen molar-refractivity contribution in [3.05, 3.63) is 23.8 Å². The Hall–Kier alpha value is -2.93. The summed E-state index contributed by atoms with van der Waals surface area (Å²) in [6.07, 6.45) is 3.09. The molecule has 1 aliphatic carbocycles. The number of carbonyl (C=O) groups is 3. The van der Waals surface area contributed by atoms with Crippen molar-refractivity contribution in [1.82, 2.24) is 10.6 Å². The van der Waals surface area contributed by atoms with Gasteiger partial charge in [-0.15, -0.1) is 0 Å². The highest BCUT2D eigenvalue weighted by molar-refractivity contribution is 5.81. The fourth-order valence-electron chi connectivity index (χ4n) is 7.14. The average molecular weight is 605 g/mol. The van der Waals surface area contributed by atoms with Gasteiger partial charge in [0.15, 0.2) is 23.4 Å². The molecule has 1 aromatic carbocycles. The lowest BCUT2D eigenvalue weighted by Crippen LogP contribution is -2.70. The van der Waals surface area contributed by atoms with Crippen LogP contribution in [0, 0.1) is 23.7 Å². The average Bonchev–Trinajstić information content (AvgIpc) is 3.20. The molecule has 4 saturated heterocycles. The summed E-state index contributed by atoms with van der Waals surface area (Å²) in [5.41, 5.74) is 0.0543. The lowest BCUT2D eigenvalue weighted by Gasteiger charge is -2.59. The summed E-state index contributed by atoms with van der Waals surface area (Å²) >= 11 is 0. The molecule has 8 atom stereocenters. The fraction of sp³-hybridized carbons (Fsp3) is 0.710. The molecule has 4 N–H and O–H groups in total. The van der Waals surface area contributed by atoms with Gasteiger partial charge in [0.05, 0.1) is 6.42 Å². The van der Waals surface area contributed by atoms with Gasteiger partial charge in [-0.25, -0.2) is 9.78 Å². The van der Waals surface area contributed by atoms with E-state index < -0.39 is 29.9 Å². The van der Waals surface area contributed by atoms with Crippen LogP contribution in [-0.4, -0.2) is 65.1 Å². The monoisotopic (exact) mass is 604 g/mol. The lowest BCUT2D eigenvalue weighted by atomic mass is 9.58. The minimum absolute atomic E-state index is 0.0342. The molecule has 12 heteroatoms. The molecule has 2 amide bonds. The Morgan fingerprint density at radius 2 is 1.72 bits per heavy atom. The van der Waals surface area contributed by atoms with Crippen molar-refractivity contribution in [2.24, 2.45) is 23.7 Å². The van der Waals surface area contributed by atoms with E-state index in [0.29, 0.717) is 38.3 Å². The number of fused-ring (bicyclic) bond motifs is 2. The Morgan fingerprint density at radius 1 is 0.953 bits per heavy atom. The van der Waals surface area contributed by atoms with E-state index in [2.05, 4.69) is 17.6 Å². The SMILES string of the molecule is C[C@@H]1[C@H](OC(=O)CCC(=O)NCCCC(=O)NCCc2ccc(O)c(O)c2)O[C@H]2O[C@]3(C)CC[C@H]4[C@H](C)CC[C@H]1[C@]24OO3. The summed E-state index contributed by atoms with van der Waals surface area (Å²) in [6.45, 7) is 6.78. The Bertz CT molecular complexity index is 1200. The third-order valence-corrected chi connectivity index (χ3v) is 9.58. The maximum atomic E-state index is 12.7. The summed E-state index contributed by atoms with van der Waals surface area (Å²) in [5, 5.41) is 24.4. The number of aromatic hydroxyl groups is 2. The third-order valence-electron chi connectivity index (χ3n) is 9.58. The number of phenolic OH excluding ortho intramolecular Hbond substituents is 2. The van der Waals surface area contributed by atoms with E-state index in [1.165, 1.54) is 12.1 Å². The molecule has 1 saturated carbocycles. The molecule has 4 aliphatic heterocycles. The summed E-state index contributed by atoms with van der Waals surface area (Å²) in [4.78, 5) is 49.0. The second-order valence-electron chi connectivity index (χ2n) is 12.6. The number of benzene rings is 1. The predicted octanol–water partition coefficient (Wildman–Crippen LogP) is 3.18. The summed E-state index contributed by atoms with van der Waals surface area (Å²) in [7, 11) is 0. The Morgan fingerprint density at radius 3 is 2.51 bits per heavy atom. The van der Waals surface area contributed by atoms with Gasteiger partial charge < -0.3 is 35.1 Å². The fourth-order valence-corrected chi connectivity index (χ4v) is 7.14. The molecule has 0 aromatic heterocycles. The summed E-state index contributed by atoms with van der Waals surface area (Å²) in [6, 6.07) is 4.53. The van der Waals surface area contributed by atoms with Crippen molar-refractivity contribution < 1.29 is 48.6 Å². The minimum Gasteiger partial charge on any atom is -0.504 e. The molecule has 238 valence electrons. The summed E-state index contributed by atoms with van der Waals surface area (Å²) < 4.78 is 18.3. The van der Waals surface area contributed by atoms with Gasteiger partial charge in [0.25, 0.3) is 0 Å².